The van der Waals surface area contributed by atoms with E-state index >= 15 is 0 Å². The van der Waals surface area contributed by atoms with Crippen LogP contribution < -0.4 is 4.90 Å². The van der Waals surface area contributed by atoms with Crippen LogP contribution in [0.3, 0.4) is 0 Å². The molecule has 23 heavy (non-hydrogen) atoms. The number of hydrogen-bond acceptors (Lipinski definition) is 4. The molecule has 0 saturated carbocycles. The third-order valence-corrected chi connectivity index (χ3v) is 4.73. The molecule has 0 radical (unpaired) electrons. The van der Waals surface area contributed by atoms with Crippen molar-refractivity contribution in [1.82, 2.24) is 9.78 Å². The molecular weight excluding hydrogens is 312 g/mol. The molecule has 0 aliphatic carbocycles. The Morgan fingerprint density at radius 2 is 2.26 bits per heavy atom. The molecular formula is C17H19ClN4O. The zero-order valence-corrected chi connectivity index (χ0v) is 14.0. The summed E-state index contributed by atoms with van der Waals surface area (Å²) in [5, 5.41) is 13.8. The van der Waals surface area contributed by atoms with Gasteiger partial charge in [-0.15, -0.1) is 0 Å². The minimum atomic E-state index is 0.373. The van der Waals surface area contributed by atoms with Crippen molar-refractivity contribution in [3.8, 4) is 6.07 Å². The van der Waals surface area contributed by atoms with Gasteiger partial charge in [-0.3, -0.25) is 4.68 Å². The molecule has 0 unspecified atom stereocenters. The molecule has 1 fully saturated rings. The maximum absolute atomic E-state index is 9.01. The summed E-state index contributed by atoms with van der Waals surface area (Å²) < 4.78 is 7.24. The van der Waals surface area contributed by atoms with Crippen molar-refractivity contribution < 1.29 is 4.74 Å². The number of ether oxygens (including phenoxy) is 1. The Bertz CT molecular complexity index is 736. The van der Waals surface area contributed by atoms with Crippen LogP contribution in [0.15, 0.2) is 30.6 Å². The van der Waals surface area contributed by atoms with E-state index in [1.165, 1.54) is 5.56 Å². The Morgan fingerprint density at radius 1 is 1.43 bits per heavy atom. The van der Waals surface area contributed by atoms with Crippen molar-refractivity contribution in [2.45, 2.75) is 5.92 Å². The van der Waals surface area contributed by atoms with Crippen LogP contribution in [0.1, 0.15) is 17.0 Å². The van der Waals surface area contributed by atoms with Gasteiger partial charge in [0.2, 0.25) is 0 Å². The third kappa shape index (κ3) is 3.19. The van der Waals surface area contributed by atoms with E-state index in [9.17, 15) is 0 Å². The second-order valence-electron chi connectivity index (χ2n) is 5.95. The van der Waals surface area contributed by atoms with Gasteiger partial charge in [0.15, 0.2) is 0 Å². The number of anilines is 1. The topological polar surface area (TPSA) is 54.1 Å². The smallest absolute Gasteiger partial charge is 0.101 e. The van der Waals surface area contributed by atoms with Crippen molar-refractivity contribution in [3.63, 3.8) is 0 Å². The number of hydrogen-bond donors (Lipinski definition) is 0. The zero-order valence-electron chi connectivity index (χ0n) is 13.2. The van der Waals surface area contributed by atoms with E-state index in [1.807, 2.05) is 30.1 Å². The van der Waals surface area contributed by atoms with E-state index in [4.69, 9.17) is 21.6 Å². The van der Waals surface area contributed by atoms with Crippen molar-refractivity contribution in [3.05, 3.63) is 46.7 Å². The van der Waals surface area contributed by atoms with Gasteiger partial charge in [0.25, 0.3) is 0 Å². The van der Waals surface area contributed by atoms with Gasteiger partial charge >= 0.3 is 0 Å². The van der Waals surface area contributed by atoms with Crippen molar-refractivity contribution in [2.75, 3.05) is 31.7 Å². The van der Waals surface area contributed by atoms with Crippen LogP contribution in [0, 0.1) is 17.2 Å². The first-order chi connectivity index (χ1) is 11.1. The second-order valence-corrected chi connectivity index (χ2v) is 6.36. The summed E-state index contributed by atoms with van der Waals surface area (Å²) in [6, 6.07) is 7.71. The summed E-state index contributed by atoms with van der Waals surface area (Å²) in [4.78, 5) is 2.30. The Kier molecular flexibility index (Phi) is 4.56. The zero-order chi connectivity index (χ0) is 16.4. The largest absolute Gasteiger partial charge is 0.384 e. The maximum atomic E-state index is 9.01. The summed E-state index contributed by atoms with van der Waals surface area (Å²) in [7, 11) is 3.67. The van der Waals surface area contributed by atoms with Crippen LogP contribution in [0.5, 0.6) is 0 Å². The van der Waals surface area contributed by atoms with Crippen LogP contribution in [0.4, 0.5) is 5.69 Å². The summed E-state index contributed by atoms with van der Waals surface area (Å²) >= 11 is 6.18. The molecule has 120 valence electrons. The Labute approximate surface area is 141 Å². The van der Waals surface area contributed by atoms with Gasteiger partial charge in [0, 0.05) is 51.0 Å². The van der Waals surface area contributed by atoms with Gasteiger partial charge in [-0.25, -0.2) is 0 Å². The van der Waals surface area contributed by atoms with Crippen molar-refractivity contribution in [2.24, 2.45) is 13.0 Å². The highest BCUT2D eigenvalue weighted by Gasteiger charge is 2.34. The van der Waals surface area contributed by atoms with E-state index in [-0.39, 0.29) is 0 Å². The predicted molar refractivity (Wildman–Crippen MR) is 89.7 cm³/mol. The van der Waals surface area contributed by atoms with Crippen LogP contribution in [-0.2, 0) is 11.8 Å². The van der Waals surface area contributed by atoms with Crippen LogP contribution in [0.2, 0.25) is 5.02 Å². The Hall–Kier alpha value is -2.03. The average Bonchev–Trinajstić information content (AvgIpc) is 3.14. The fourth-order valence-electron chi connectivity index (χ4n) is 3.27. The minimum absolute atomic E-state index is 0.373. The summed E-state index contributed by atoms with van der Waals surface area (Å²) in [6.45, 7) is 2.50. The number of aryl methyl sites for hydroxylation is 1. The van der Waals surface area contributed by atoms with Crippen LogP contribution in [0.25, 0.3) is 0 Å². The molecule has 5 nitrogen and oxygen atoms in total. The monoisotopic (exact) mass is 330 g/mol. The van der Waals surface area contributed by atoms with Gasteiger partial charge in [0.1, 0.15) is 6.07 Å². The first-order valence-electron chi connectivity index (χ1n) is 7.54. The average molecular weight is 331 g/mol. The number of methoxy groups -OCH3 is 1. The number of benzene rings is 1. The molecule has 6 heteroatoms. The highest BCUT2D eigenvalue weighted by molar-refractivity contribution is 6.32. The van der Waals surface area contributed by atoms with Gasteiger partial charge in [-0.2, -0.15) is 10.4 Å². The number of nitriles is 1. The number of rotatable bonds is 4. The van der Waals surface area contributed by atoms with E-state index in [0.29, 0.717) is 29.0 Å². The van der Waals surface area contributed by atoms with Gasteiger partial charge in [-0.1, -0.05) is 11.6 Å². The first-order valence-corrected chi connectivity index (χ1v) is 7.92. The molecule has 2 atom stereocenters. The molecule has 1 aromatic heterocycles. The highest BCUT2D eigenvalue weighted by Crippen LogP contribution is 2.36. The number of aromatic nitrogens is 2. The number of nitrogens with zero attached hydrogens (tertiary/aromatic N) is 4. The number of halogens is 1. The fourth-order valence-corrected chi connectivity index (χ4v) is 3.48. The van der Waals surface area contributed by atoms with Crippen LogP contribution >= 0.6 is 11.6 Å². The second kappa shape index (κ2) is 6.61. The molecule has 0 amide bonds. The van der Waals surface area contributed by atoms with Crippen molar-refractivity contribution in [1.29, 1.82) is 5.26 Å². The molecule has 1 aliphatic heterocycles. The predicted octanol–water partition coefficient (Wildman–Crippen LogP) is 2.81. The van der Waals surface area contributed by atoms with E-state index < -0.39 is 0 Å². The fraction of sp³-hybridized carbons (Fsp3) is 0.412. The van der Waals surface area contributed by atoms with Crippen molar-refractivity contribution >= 4 is 17.3 Å². The van der Waals surface area contributed by atoms with Crippen LogP contribution in [-0.4, -0.2) is 36.6 Å². The molecule has 0 bridgehead atoms. The minimum Gasteiger partial charge on any atom is -0.384 e. The van der Waals surface area contributed by atoms with E-state index in [1.54, 1.807) is 13.2 Å². The lowest BCUT2D eigenvalue weighted by Gasteiger charge is -2.19. The third-order valence-electron chi connectivity index (χ3n) is 4.41. The molecule has 2 heterocycles. The maximum Gasteiger partial charge on any atom is 0.101 e. The molecule has 0 spiro atoms. The molecule has 1 aliphatic rings. The molecule has 2 aromatic rings. The summed E-state index contributed by atoms with van der Waals surface area (Å²) in [5.41, 5.74) is 2.78. The Morgan fingerprint density at radius 3 is 2.87 bits per heavy atom. The summed E-state index contributed by atoms with van der Waals surface area (Å²) in [6.07, 6.45) is 4.01. The lowest BCUT2D eigenvalue weighted by atomic mass is 9.92. The SMILES string of the molecule is COC[C@@H]1CN(c2ccc(C#N)c(Cl)c2)C[C@H]1c1cnn(C)c1. The van der Waals surface area contributed by atoms with E-state index in [0.717, 1.165) is 18.8 Å². The van der Waals surface area contributed by atoms with Gasteiger partial charge < -0.3 is 9.64 Å². The lowest BCUT2D eigenvalue weighted by Crippen LogP contribution is -2.20. The summed E-state index contributed by atoms with van der Waals surface area (Å²) in [5.74, 6) is 0.775. The molecule has 1 aromatic carbocycles. The Balaban J connectivity index is 1.85. The lowest BCUT2D eigenvalue weighted by molar-refractivity contribution is 0.153. The molecule has 0 N–H and O–H groups in total. The molecule has 3 rings (SSSR count). The first kappa shape index (κ1) is 15.9. The quantitative estimate of drug-likeness (QED) is 0.865. The van der Waals surface area contributed by atoms with E-state index in [2.05, 4.69) is 22.3 Å². The normalized spacial score (nSPS) is 20.7. The van der Waals surface area contributed by atoms with Gasteiger partial charge in [-0.05, 0) is 23.8 Å². The highest BCUT2D eigenvalue weighted by atomic mass is 35.5. The van der Waals surface area contributed by atoms with Gasteiger partial charge in [0.05, 0.1) is 23.4 Å². The molecule has 1 saturated heterocycles. The standard InChI is InChI=1S/C17H19ClN4O/c1-21-8-13(7-20-21)16-10-22(9-14(16)11-23-2)15-4-3-12(6-19)17(18)5-15/h3-5,7-8,14,16H,9-11H2,1-2H3/t14-,16-/m0/s1.